The number of hydrogen-bond donors (Lipinski definition) is 2. The number of rotatable bonds is 6. The minimum absolute atomic E-state index is 0.171. The fourth-order valence-electron chi connectivity index (χ4n) is 1.80. The highest BCUT2D eigenvalue weighted by Gasteiger charge is 2.07. The Hall–Kier alpha value is -1.23. The third kappa shape index (κ3) is 3.86. The van der Waals surface area contributed by atoms with Gasteiger partial charge in [-0.2, -0.15) is 0 Å². The van der Waals surface area contributed by atoms with E-state index in [-0.39, 0.29) is 12.6 Å². The molecule has 1 atom stereocenters. The van der Waals surface area contributed by atoms with E-state index < -0.39 is 0 Å². The predicted octanol–water partition coefficient (Wildman–Crippen LogP) is 2.98. The molecule has 1 unspecified atom stereocenters. The first-order valence-electron chi connectivity index (χ1n) is 6.59. The molecule has 0 aliphatic rings. The molecule has 0 spiro atoms. The average Bonchev–Trinajstić information content (AvgIpc) is 2.89. The van der Waals surface area contributed by atoms with E-state index in [0.717, 1.165) is 23.5 Å². The number of nitrogens with zero attached hydrogens (tertiary/aromatic N) is 1. The Balaban J connectivity index is 2.01. The van der Waals surface area contributed by atoms with Crippen LogP contribution in [0.15, 0.2) is 30.5 Å². The second kappa shape index (κ2) is 6.80. The average molecular weight is 276 g/mol. The van der Waals surface area contributed by atoms with Crippen LogP contribution in [-0.2, 0) is 6.54 Å². The Morgan fingerprint density at radius 2 is 2.05 bits per heavy atom. The minimum Gasteiger partial charge on any atom is -0.395 e. The standard InChI is InChI=1S/C15H20N2OS/c1-3-13(10-18)16-8-14-9-17-15(19-14)12-6-4-11(2)5-7-12/h4-7,9,13,16,18H,3,8,10H2,1-2H3. The van der Waals surface area contributed by atoms with E-state index in [0.29, 0.717) is 0 Å². The molecule has 0 aliphatic heterocycles. The molecule has 0 aliphatic carbocycles. The normalized spacial score (nSPS) is 12.6. The van der Waals surface area contributed by atoms with Crippen LogP contribution < -0.4 is 5.32 Å². The van der Waals surface area contributed by atoms with Crippen molar-refractivity contribution in [2.75, 3.05) is 6.61 Å². The molecule has 2 rings (SSSR count). The summed E-state index contributed by atoms with van der Waals surface area (Å²) in [5.41, 5.74) is 2.42. The molecule has 19 heavy (non-hydrogen) atoms. The van der Waals surface area contributed by atoms with Crippen LogP contribution in [-0.4, -0.2) is 22.7 Å². The lowest BCUT2D eigenvalue weighted by atomic mass is 10.2. The molecule has 2 N–H and O–H groups in total. The van der Waals surface area contributed by atoms with Crippen molar-refractivity contribution in [2.24, 2.45) is 0 Å². The van der Waals surface area contributed by atoms with Crippen LogP contribution in [0.1, 0.15) is 23.8 Å². The molecule has 0 saturated carbocycles. The molecule has 2 aromatic rings. The summed E-state index contributed by atoms with van der Waals surface area (Å²) in [5.74, 6) is 0. The molecular weight excluding hydrogens is 256 g/mol. The number of nitrogens with one attached hydrogen (secondary N) is 1. The van der Waals surface area contributed by atoms with Gasteiger partial charge in [-0.15, -0.1) is 11.3 Å². The quantitative estimate of drug-likeness (QED) is 0.852. The monoisotopic (exact) mass is 276 g/mol. The Kier molecular flexibility index (Phi) is 5.07. The number of aliphatic hydroxyl groups excluding tert-OH is 1. The van der Waals surface area contributed by atoms with Gasteiger partial charge in [0.2, 0.25) is 0 Å². The first-order chi connectivity index (χ1) is 9.22. The number of aryl methyl sites for hydroxylation is 1. The van der Waals surface area contributed by atoms with Gasteiger partial charge in [0.1, 0.15) is 5.01 Å². The molecule has 0 amide bonds. The van der Waals surface area contributed by atoms with Crippen LogP contribution in [0, 0.1) is 6.92 Å². The lowest BCUT2D eigenvalue weighted by molar-refractivity contribution is 0.238. The summed E-state index contributed by atoms with van der Waals surface area (Å²) < 4.78 is 0. The summed E-state index contributed by atoms with van der Waals surface area (Å²) in [6, 6.07) is 8.59. The van der Waals surface area contributed by atoms with Gasteiger partial charge in [0.25, 0.3) is 0 Å². The SMILES string of the molecule is CCC(CO)NCc1cnc(-c2ccc(C)cc2)s1. The van der Waals surface area contributed by atoms with Gasteiger partial charge in [-0.1, -0.05) is 36.8 Å². The lowest BCUT2D eigenvalue weighted by Crippen LogP contribution is -2.30. The lowest BCUT2D eigenvalue weighted by Gasteiger charge is -2.12. The Morgan fingerprint density at radius 1 is 1.32 bits per heavy atom. The zero-order valence-corrected chi connectivity index (χ0v) is 12.2. The number of benzene rings is 1. The molecule has 1 aromatic carbocycles. The van der Waals surface area contributed by atoms with Gasteiger partial charge in [0.15, 0.2) is 0 Å². The molecule has 0 saturated heterocycles. The Bertz CT molecular complexity index is 503. The van der Waals surface area contributed by atoms with Crippen LogP contribution in [0.4, 0.5) is 0 Å². The summed E-state index contributed by atoms with van der Waals surface area (Å²) >= 11 is 1.70. The van der Waals surface area contributed by atoms with E-state index in [1.807, 2.05) is 6.20 Å². The number of hydrogen-bond acceptors (Lipinski definition) is 4. The zero-order chi connectivity index (χ0) is 13.7. The van der Waals surface area contributed by atoms with Crippen LogP contribution in [0.25, 0.3) is 10.6 Å². The first kappa shape index (κ1) is 14.2. The highest BCUT2D eigenvalue weighted by Crippen LogP contribution is 2.25. The maximum atomic E-state index is 9.14. The second-order valence-electron chi connectivity index (χ2n) is 4.67. The maximum absolute atomic E-state index is 9.14. The molecule has 1 heterocycles. The van der Waals surface area contributed by atoms with Crippen molar-refractivity contribution < 1.29 is 5.11 Å². The largest absolute Gasteiger partial charge is 0.395 e. The van der Waals surface area contributed by atoms with Crippen LogP contribution in [0.3, 0.4) is 0 Å². The van der Waals surface area contributed by atoms with Gasteiger partial charge < -0.3 is 10.4 Å². The van der Waals surface area contributed by atoms with Crippen molar-refractivity contribution in [1.82, 2.24) is 10.3 Å². The van der Waals surface area contributed by atoms with Crippen LogP contribution in [0.2, 0.25) is 0 Å². The fraction of sp³-hybridized carbons (Fsp3) is 0.400. The van der Waals surface area contributed by atoms with E-state index in [1.165, 1.54) is 10.4 Å². The predicted molar refractivity (Wildman–Crippen MR) is 80.3 cm³/mol. The number of aliphatic hydroxyl groups is 1. The van der Waals surface area contributed by atoms with Crippen molar-refractivity contribution >= 4 is 11.3 Å². The van der Waals surface area contributed by atoms with Gasteiger partial charge in [-0.05, 0) is 13.3 Å². The summed E-state index contributed by atoms with van der Waals surface area (Å²) in [7, 11) is 0. The number of thiazole rings is 1. The highest BCUT2D eigenvalue weighted by molar-refractivity contribution is 7.15. The Labute approximate surface area is 118 Å². The smallest absolute Gasteiger partial charge is 0.123 e. The molecule has 102 valence electrons. The summed E-state index contributed by atoms with van der Waals surface area (Å²) in [6.07, 6.45) is 2.84. The van der Waals surface area contributed by atoms with Crippen molar-refractivity contribution in [1.29, 1.82) is 0 Å². The van der Waals surface area contributed by atoms with E-state index in [4.69, 9.17) is 5.11 Å². The maximum Gasteiger partial charge on any atom is 0.123 e. The molecule has 0 bridgehead atoms. The first-order valence-corrected chi connectivity index (χ1v) is 7.40. The van der Waals surface area contributed by atoms with Gasteiger partial charge in [0, 0.05) is 29.2 Å². The van der Waals surface area contributed by atoms with Gasteiger partial charge >= 0.3 is 0 Å². The molecule has 0 radical (unpaired) electrons. The van der Waals surface area contributed by atoms with Crippen molar-refractivity contribution in [2.45, 2.75) is 32.9 Å². The van der Waals surface area contributed by atoms with Crippen molar-refractivity contribution in [3.8, 4) is 10.6 Å². The molecule has 4 heteroatoms. The molecular formula is C15H20N2OS. The van der Waals surface area contributed by atoms with Gasteiger partial charge in [0.05, 0.1) is 6.61 Å². The summed E-state index contributed by atoms with van der Waals surface area (Å²) in [4.78, 5) is 5.66. The van der Waals surface area contributed by atoms with Crippen LogP contribution >= 0.6 is 11.3 Å². The van der Waals surface area contributed by atoms with Crippen molar-refractivity contribution in [3.63, 3.8) is 0 Å². The van der Waals surface area contributed by atoms with Gasteiger partial charge in [-0.25, -0.2) is 4.98 Å². The summed E-state index contributed by atoms with van der Waals surface area (Å²) in [6.45, 7) is 5.10. The Morgan fingerprint density at radius 3 is 2.68 bits per heavy atom. The van der Waals surface area contributed by atoms with E-state index >= 15 is 0 Å². The minimum atomic E-state index is 0.171. The highest BCUT2D eigenvalue weighted by atomic mass is 32.1. The molecule has 0 fully saturated rings. The third-order valence-electron chi connectivity index (χ3n) is 3.13. The number of aromatic nitrogens is 1. The van der Waals surface area contributed by atoms with E-state index in [1.54, 1.807) is 11.3 Å². The third-order valence-corrected chi connectivity index (χ3v) is 4.18. The van der Waals surface area contributed by atoms with Crippen LogP contribution in [0.5, 0.6) is 0 Å². The molecule has 1 aromatic heterocycles. The van der Waals surface area contributed by atoms with Gasteiger partial charge in [-0.3, -0.25) is 0 Å². The van der Waals surface area contributed by atoms with E-state index in [2.05, 4.69) is 48.4 Å². The summed E-state index contributed by atoms with van der Waals surface area (Å²) in [5, 5.41) is 13.5. The molecule has 3 nitrogen and oxygen atoms in total. The topological polar surface area (TPSA) is 45.1 Å². The fourth-order valence-corrected chi connectivity index (χ4v) is 2.67. The second-order valence-corrected chi connectivity index (χ2v) is 5.78. The van der Waals surface area contributed by atoms with Crippen molar-refractivity contribution in [3.05, 3.63) is 40.9 Å². The van der Waals surface area contributed by atoms with E-state index in [9.17, 15) is 0 Å². The zero-order valence-electron chi connectivity index (χ0n) is 11.4.